The summed E-state index contributed by atoms with van der Waals surface area (Å²) in [6.07, 6.45) is 4.72. The molecule has 18 heavy (non-hydrogen) atoms. The average molecular weight is 242 g/mol. The predicted molar refractivity (Wildman–Crippen MR) is 69.1 cm³/mol. The third kappa shape index (κ3) is 2.22. The lowest BCUT2D eigenvalue weighted by Gasteiger charge is -2.30. The molecule has 0 spiro atoms. The minimum absolute atomic E-state index is 0.193. The number of carbonyl (C=O) groups is 2. The number of amides is 1. The fraction of sp³-hybridized carbons (Fsp3) is 0.214. The van der Waals surface area contributed by atoms with E-state index in [-0.39, 0.29) is 11.9 Å². The van der Waals surface area contributed by atoms with Crippen molar-refractivity contribution in [2.75, 3.05) is 0 Å². The molecule has 1 aliphatic heterocycles. The van der Waals surface area contributed by atoms with Crippen LogP contribution in [0, 0.1) is 0 Å². The highest BCUT2D eigenvalue weighted by Crippen LogP contribution is 2.31. The highest BCUT2D eigenvalue weighted by molar-refractivity contribution is 5.91. The first-order valence-electron chi connectivity index (χ1n) is 5.80. The van der Waals surface area contributed by atoms with Gasteiger partial charge in [-0.3, -0.25) is 4.79 Å². The molecule has 1 aliphatic rings. The second-order valence-corrected chi connectivity index (χ2v) is 4.02. The molecule has 4 heteroatoms. The van der Waals surface area contributed by atoms with Gasteiger partial charge in [0.15, 0.2) is 0 Å². The van der Waals surface area contributed by atoms with Gasteiger partial charge in [0.2, 0.25) is 0 Å². The van der Waals surface area contributed by atoms with Gasteiger partial charge in [0.1, 0.15) is 6.29 Å². The van der Waals surface area contributed by atoms with Crippen LogP contribution in [0.25, 0.3) is 0 Å². The van der Waals surface area contributed by atoms with Crippen LogP contribution in [0.3, 0.4) is 0 Å². The zero-order valence-electron chi connectivity index (χ0n) is 9.95. The van der Waals surface area contributed by atoms with E-state index >= 15 is 0 Å². The molecule has 1 heterocycles. The zero-order valence-corrected chi connectivity index (χ0v) is 9.95. The van der Waals surface area contributed by atoms with Gasteiger partial charge in [-0.2, -0.15) is 5.10 Å². The van der Waals surface area contributed by atoms with Crippen LogP contribution in [0.1, 0.15) is 30.0 Å². The standard InChI is InChI=1S/C14H14N2O2/c1-2-14(18)16-13(8-5-9-17)12-7-4-3-6-11(12)10-15-16/h2-4,6-7,9-10,13H,1,5,8H2. The Morgan fingerprint density at radius 2 is 2.22 bits per heavy atom. The molecule has 0 N–H and O–H groups in total. The molecular weight excluding hydrogens is 228 g/mol. The third-order valence-electron chi connectivity index (χ3n) is 2.93. The average Bonchev–Trinajstić information content (AvgIpc) is 2.43. The van der Waals surface area contributed by atoms with Gasteiger partial charge in [-0.25, -0.2) is 5.01 Å². The minimum Gasteiger partial charge on any atom is -0.303 e. The fourth-order valence-corrected chi connectivity index (χ4v) is 2.08. The molecule has 0 bridgehead atoms. The maximum atomic E-state index is 11.8. The smallest absolute Gasteiger partial charge is 0.266 e. The van der Waals surface area contributed by atoms with E-state index in [2.05, 4.69) is 11.7 Å². The largest absolute Gasteiger partial charge is 0.303 e. The number of nitrogens with zero attached hydrogens (tertiary/aromatic N) is 2. The van der Waals surface area contributed by atoms with Gasteiger partial charge < -0.3 is 4.79 Å². The number of hydrazone groups is 1. The molecule has 1 aromatic rings. The summed E-state index contributed by atoms with van der Waals surface area (Å²) in [6.45, 7) is 3.47. The molecule has 1 atom stereocenters. The lowest BCUT2D eigenvalue weighted by atomic mass is 9.95. The topological polar surface area (TPSA) is 49.7 Å². The van der Waals surface area contributed by atoms with Crippen LogP contribution in [0.5, 0.6) is 0 Å². The third-order valence-corrected chi connectivity index (χ3v) is 2.93. The number of aldehydes is 1. The van der Waals surface area contributed by atoms with Crippen molar-refractivity contribution in [1.82, 2.24) is 5.01 Å². The molecule has 0 aromatic heterocycles. The summed E-state index contributed by atoms with van der Waals surface area (Å²) in [6, 6.07) is 7.55. The second kappa shape index (κ2) is 5.40. The van der Waals surface area contributed by atoms with E-state index in [0.29, 0.717) is 12.8 Å². The monoisotopic (exact) mass is 242 g/mol. The van der Waals surface area contributed by atoms with Crippen LogP contribution < -0.4 is 0 Å². The Hall–Kier alpha value is -2.23. The molecule has 0 saturated carbocycles. The van der Waals surface area contributed by atoms with Gasteiger partial charge in [0.05, 0.1) is 12.3 Å². The lowest BCUT2D eigenvalue weighted by molar-refractivity contribution is -0.129. The summed E-state index contributed by atoms with van der Waals surface area (Å²) in [7, 11) is 0. The van der Waals surface area contributed by atoms with Crippen molar-refractivity contribution >= 4 is 18.4 Å². The summed E-state index contributed by atoms with van der Waals surface area (Å²) >= 11 is 0. The first-order valence-corrected chi connectivity index (χ1v) is 5.80. The van der Waals surface area contributed by atoms with Crippen LogP contribution in [-0.4, -0.2) is 23.4 Å². The molecule has 92 valence electrons. The van der Waals surface area contributed by atoms with E-state index in [1.54, 1.807) is 6.21 Å². The van der Waals surface area contributed by atoms with Crippen molar-refractivity contribution in [1.29, 1.82) is 0 Å². The summed E-state index contributed by atoms with van der Waals surface area (Å²) in [5.74, 6) is -0.253. The number of hydrogen-bond acceptors (Lipinski definition) is 3. The first kappa shape index (κ1) is 12.2. The highest BCUT2D eigenvalue weighted by atomic mass is 16.2. The molecule has 0 fully saturated rings. The maximum Gasteiger partial charge on any atom is 0.266 e. The molecule has 1 amide bonds. The summed E-state index contributed by atoms with van der Waals surface area (Å²) in [4.78, 5) is 22.3. The summed E-state index contributed by atoms with van der Waals surface area (Å²) in [5.41, 5.74) is 2.01. The van der Waals surface area contributed by atoms with Gasteiger partial charge in [-0.1, -0.05) is 30.8 Å². The Morgan fingerprint density at radius 3 is 2.94 bits per heavy atom. The Kier molecular flexibility index (Phi) is 3.67. The zero-order chi connectivity index (χ0) is 13.0. The Morgan fingerprint density at radius 1 is 1.44 bits per heavy atom. The van der Waals surface area contributed by atoms with Gasteiger partial charge in [-0.15, -0.1) is 0 Å². The number of benzene rings is 1. The molecule has 0 saturated heterocycles. The van der Waals surface area contributed by atoms with Crippen molar-refractivity contribution < 1.29 is 9.59 Å². The van der Waals surface area contributed by atoms with E-state index < -0.39 is 0 Å². The van der Waals surface area contributed by atoms with Gasteiger partial charge >= 0.3 is 0 Å². The molecule has 4 nitrogen and oxygen atoms in total. The quantitative estimate of drug-likeness (QED) is 0.599. The van der Waals surface area contributed by atoms with E-state index in [0.717, 1.165) is 17.4 Å². The van der Waals surface area contributed by atoms with Crippen LogP contribution in [0.15, 0.2) is 42.0 Å². The Bertz CT molecular complexity index is 508. The molecule has 2 rings (SSSR count). The minimum atomic E-state index is -0.253. The SMILES string of the molecule is C=CC(=O)N1N=Cc2ccccc2C1CCC=O. The van der Waals surface area contributed by atoms with Crippen molar-refractivity contribution in [2.24, 2.45) is 5.10 Å². The van der Waals surface area contributed by atoms with Crippen LogP contribution in [0.4, 0.5) is 0 Å². The van der Waals surface area contributed by atoms with Gasteiger partial charge in [0, 0.05) is 6.42 Å². The van der Waals surface area contributed by atoms with E-state index in [1.807, 2.05) is 24.3 Å². The van der Waals surface area contributed by atoms with E-state index in [1.165, 1.54) is 11.1 Å². The molecular formula is C14H14N2O2. The van der Waals surface area contributed by atoms with Crippen molar-refractivity contribution in [3.63, 3.8) is 0 Å². The van der Waals surface area contributed by atoms with E-state index in [9.17, 15) is 9.59 Å². The summed E-state index contributed by atoms with van der Waals surface area (Å²) < 4.78 is 0. The fourth-order valence-electron chi connectivity index (χ4n) is 2.08. The van der Waals surface area contributed by atoms with Gasteiger partial charge in [-0.05, 0) is 23.6 Å². The first-order chi connectivity index (χ1) is 8.77. The number of carbonyl (C=O) groups excluding carboxylic acids is 2. The predicted octanol–water partition coefficient (Wildman–Crippen LogP) is 2.07. The van der Waals surface area contributed by atoms with Crippen molar-refractivity contribution in [2.45, 2.75) is 18.9 Å². The van der Waals surface area contributed by atoms with Gasteiger partial charge in [0.25, 0.3) is 5.91 Å². The maximum absolute atomic E-state index is 11.8. The molecule has 1 unspecified atom stereocenters. The molecule has 0 aliphatic carbocycles. The van der Waals surface area contributed by atoms with E-state index in [4.69, 9.17) is 0 Å². The molecule has 0 radical (unpaired) electrons. The van der Waals surface area contributed by atoms with Crippen molar-refractivity contribution in [3.05, 3.63) is 48.0 Å². The Labute approximate surface area is 106 Å². The normalized spacial score (nSPS) is 17.1. The Balaban J connectivity index is 2.37. The van der Waals surface area contributed by atoms with Crippen LogP contribution in [-0.2, 0) is 9.59 Å². The molecule has 1 aromatic carbocycles. The second-order valence-electron chi connectivity index (χ2n) is 4.02. The van der Waals surface area contributed by atoms with Crippen LogP contribution in [0.2, 0.25) is 0 Å². The van der Waals surface area contributed by atoms with Crippen molar-refractivity contribution in [3.8, 4) is 0 Å². The van der Waals surface area contributed by atoms with Crippen LogP contribution >= 0.6 is 0 Å². The summed E-state index contributed by atoms with van der Waals surface area (Å²) in [5, 5.41) is 5.54. The number of hydrogen-bond donors (Lipinski definition) is 0. The number of rotatable bonds is 4. The highest BCUT2D eigenvalue weighted by Gasteiger charge is 2.27. The lowest BCUT2D eigenvalue weighted by Crippen LogP contribution is -2.32. The number of fused-ring (bicyclic) bond motifs is 1.